The minimum Gasteiger partial charge on any atom is -0.507 e. The van der Waals surface area contributed by atoms with Gasteiger partial charge in [0.25, 0.3) is 0 Å². The van der Waals surface area contributed by atoms with Gasteiger partial charge in [0.1, 0.15) is 11.5 Å². The Morgan fingerprint density at radius 2 is 0.917 bits per heavy atom. The van der Waals surface area contributed by atoms with Crippen LogP contribution in [0, 0.1) is 0 Å². The highest BCUT2D eigenvalue weighted by Crippen LogP contribution is 2.36. The third kappa shape index (κ3) is 3.88. The van der Waals surface area contributed by atoms with Crippen LogP contribution in [-0.2, 0) is 23.5 Å². The molecule has 0 saturated heterocycles. The predicted octanol–water partition coefficient (Wildman–Crippen LogP) is 6.20. The van der Waals surface area contributed by atoms with E-state index in [2.05, 4.69) is 0 Å². The number of benzene rings is 2. The number of phenolic OH excluding ortho intramolecular Hbond substituents is 2. The van der Waals surface area contributed by atoms with Gasteiger partial charge in [-0.2, -0.15) is 0 Å². The Labute approximate surface area is 161 Å². The lowest BCUT2D eigenvalue weighted by molar-refractivity contribution is 0.465. The summed E-state index contributed by atoms with van der Waals surface area (Å²) in [5.41, 5.74) is 4.53. The largest absolute Gasteiger partial charge is 0.507 e. The molecule has 130 valence electrons. The summed E-state index contributed by atoms with van der Waals surface area (Å²) >= 11 is 23.7. The van der Waals surface area contributed by atoms with Crippen LogP contribution in [0.25, 0.3) is 0 Å². The van der Waals surface area contributed by atoms with E-state index in [1.54, 1.807) is 0 Å². The van der Waals surface area contributed by atoms with Crippen molar-refractivity contribution in [3.05, 3.63) is 57.6 Å². The van der Waals surface area contributed by atoms with Crippen LogP contribution in [0.15, 0.2) is 24.3 Å². The predicted molar refractivity (Wildman–Crippen MR) is 102 cm³/mol. The zero-order chi connectivity index (χ0) is 17.9. The van der Waals surface area contributed by atoms with Crippen molar-refractivity contribution in [3.63, 3.8) is 0 Å². The van der Waals surface area contributed by atoms with Gasteiger partial charge in [-0.25, -0.2) is 0 Å². The summed E-state index contributed by atoms with van der Waals surface area (Å²) in [4.78, 5) is 0. The SMILES string of the molecule is CC(c1cc(CCl)c(O)c(CCl)c1)c1cc(CCl)c(O)c(CCl)c1. The fraction of sp³-hybridized carbons (Fsp3) is 0.333. The molecule has 0 saturated carbocycles. The highest BCUT2D eigenvalue weighted by Gasteiger charge is 2.17. The second-order valence-corrected chi connectivity index (χ2v) is 6.70. The molecule has 2 aromatic rings. The molecule has 0 aliphatic rings. The van der Waals surface area contributed by atoms with Gasteiger partial charge >= 0.3 is 0 Å². The van der Waals surface area contributed by atoms with Gasteiger partial charge in [-0.05, 0) is 11.1 Å². The summed E-state index contributed by atoms with van der Waals surface area (Å²) in [6, 6.07) is 7.49. The van der Waals surface area contributed by atoms with Crippen molar-refractivity contribution in [2.24, 2.45) is 0 Å². The van der Waals surface area contributed by atoms with Crippen molar-refractivity contribution in [3.8, 4) is 11.5 Å². The zero-order valence-electron chi connectivity index (χ0n) is 13.1. The average molecular weight is 408 g/mol. The Bertz CT molecular complexity index is 619. The third-order valence-corrected chi connectivity index (χ3v) is 5.31. The number of hydrogen-bond acceptors (Lipinski definition) is 2. The standard InChI is InChI=1S/C18H18Cl4O2/c1-10(11-2-13(6-19)17(23)14(3-11)7-20)12-4-15(8-21)18(24)16(5-12)9-22/h2-5,10,23-24H,6-9H2,1H3. The molecule has 0 fully saturated rings. The van der Waals surface area contributed by atoms with Gasteiger partial charge in [0.2, 0.25) is 0 Å². The molecule has 0 bridgehead atoms. The third-order valence-electron chi connectivity index (χ3n) is 4.16. The Kier molecular flexibility index (Phi) is 6.94. The molecular formula is C18H18Cl4O2. The van der Waals surface area contributed by atoms with Crippen LogP contribution in [0.2, 0.25) is 0 Å². The molecule has 0 atom stereocenters. The molecule has 0 aliphatic carbocycles. The minimum absolute atomic E-state index is 0.000864. The van der Waals surface area contributed by atoms with E-state index in [1.807, 2.05) is 31.2 Å². The van der Waals surface area contributed by atoms with E-state index < -0.39 is 0 Å². The fourth-order valence-corrected chi connectivity index (χ4v) is 3.49. The molecule has 2 rings (SSSR count). The first kappa shape index (κ1) is 19.5. The van der Waals surface area contributed by atoms with E-state index in [0.717, 1.165) is 11.1 Å². The summed E-state index contributed by atoms with van der Waals surface area (Å²) in [6.45, 7) is 2.03. The molecule has 6 heteroatoms. The first-order valence-corrected chi connectivity index (χ1v) is 9.53. The molecule has 0 heterocycles. The topological polar surface area (TPSA) is 40.5 Å². The summed E-state index contributed by atoms with van der Waals surface area (Å²) in [6.07, 6.45) is 0. The Morgan fingerprint density at radius 3 is 1.12 bits per heavy atom. The molecule has 0 radical (unpaired) electrons. The highest BCUT2D eigenvalue weighted by molar-refractivity contribution is 6.18. The van der Waals surface area contributed by atoms with E-state index in [4.69, 9.17) is 46.4 Å². The lowest BCUT2D eigenvalue weighted by Crippen LogP contribution is -2.02. The first-order valence-electron chi connectivity index (χ1n) is 7.39. The van der Waals surface area contributed by atoms with E-state index in [9.17, 15) is 10.2 Å². The second kappa shape index (κ2) is 8.53. The summed E-state index contributed by atoms with van der Waals surface area (Å²) in [5, 5.41) is 20.3. The molecule has 2 aromatic carbocycles. The van der Waals surface area contributed by atoms with Crippen molar-refractivity contribution < 1.29 is 10.2 Å². The minimum atomic E-state index is -0.000864. The molecule has 2 nitrogen and oxygen atoms in total. The van der Waals surface area contributed by atoms with Gasteiger partial charge in [-0.1, -0.05) is 31.2 Å². The maximum atomic E-state index is 10.1. The van der Waals surface area contributed by atoms with Crippen molar-refractivity contribution in [1.29, 1.82) is 0 Å². The molecule has 0 aliphatic heterocycles. The van der Waals surface area contributed by atoms with Crippen LogP contribution in [-0.4, -0.2) is 10.2 Å². The average Bonchev–Trinajstić information content (AvgIpc) is 2.61. The lowest BCUT2D eigenvalue weighted by Gasteiger charge is -2.19. The Hall–Kier alpha value is -0.800. The first-order chi connectivity index (χ1) is 11.5. The maximum Gasteiger partial charge on any atom is 0.124 e. The van der Waals surface area contributed by atoms with Crippen molar-refractivity contribution in [1.82, 2.24) is 0 Å². The second-order valence-electron chi connectivity index (χ2n) is 5.63. The number of rotatable bonds is 6. The monoisotopic (exact) mass is 406 g/mol. The Balaban J connectivity index is 2.54. The number of aromatic hydroxyl groups is 2. The van der Waals surface area contributed by atoms with Gasteiger partial charge in [0.15, 0.2) is 0 Å². The van der Waals surface area contributed by atoms with Crippen LogP contribution in [0.4, 0.5) is 0 Å². The summed E-state index contributed by atoms with van der Waals surface area (Å²) < 4.78 is 0. The van der Waals surface area contributed by atoms with Crippen LogP contribution in [0.3, 0.4) is 0 Å². The van der Waals surface area contributed by atoms with Crippen molar-refractivity contribution >= 4 is 46.4 Å². The highest BCUT2D eigenvalue weighted by atomic mass is 35.5. The van der Waals surface area contributed by atoms with Gasteiger partial charge < -0.3 is 10.2 Å². The van der Waals surface area contributed by atoms with E-state index in [-0.39, 0.29) is 40.9 Å². The normalized spacial score (nSPS) is 11.2. The zero-order valence-corrected chi connectivity index (χ0v) is 16.1. The van der Waals surface area contributed by atoms with E-state index in [0.29, 0.717) is 22.3 Å². The molecule has 2 N–H and O–H groups in total. The van der Waals surface area contributed by atoms with Gasteiger partial charge in [0.05, 0.1) is 23.5 Å². The molecule has 0 unspecified atom stereocenters. The van der Waals surface area contributed by atoms with Crippen LogP contribution in [0.5, 0.6) is 11.5 Å². The molecule has 0 spiro atoms. The van der Waals surface area contributed by atoms with E-state index in [1.165, 1.54) is 0 Å². The van der Waals surface area contributed by atoms with E-state index >= 15 is 0 Å². The van der Waals surface area contributed by atoms with Crippen molar-refractivity contribution in [2.45, 2.75) is 36.4 Å². The molecule has 0 amide bonds. The maximum absolute atomic E-state index is 10.1. The quantitative estimate of drug-likeness (QED) is 0.559. The molecule has 0 aromatic heterocycles. The summed E-state index contributed by atoms with van der Waals surface area (Å²) in [7, 11) is 0. The number of halogens is 4. The van der Waals surface area contributed by atoms with Crippen LogP contribution < -0.4 is 0 Å². The molecular weight excluding hydrogens is 390 g/mol. The van der Waals surface area contributed by atoms with Crippen LogP contribution in [0.1, 0.15) is 46.2 Å². The van der Waals surface area contributed by atoms with Gasteiger partial charge in [-0.3, -0.25) is 0 Å². The molecule has 24 heavy (non-hydrogen) atoms. The number of phenols is 2. The number of alkyl halides is 4. The van der Waals surface area contributed by atoms with Crippen molar-refractivity contribution in [2.75, 3.05) is 0 Å². The smallest absolute Gasteiger partial charge is 0.124 e. The van der Waals surface area contributed by atoms with Crippen LogP contribution >= 0.6 is 46.4 Å². The Morgan fingerprint density at radius 1 is 0.667 bits per heavy atom. The van der Waals surface area contributed by atoms with Gasteiger partial charge in [-0.15, -0.1) is 46.4 Å². The van der Waals surface area contributed by atoms with Gasteiger partial charge in [0, 0.05) is 28.2 Å². The fourth-order valence-electron chi connectivity index (χ4n) is 2.67. The summed E-state index contributed by atoms with van der Waals surface area (Å²) in [5.74, 6) is 1.09. The lowest BCUT2D eigenvalue weighted by atomic mass is 9.88. The number of hydrogen-bond donors (Lipinski definition) is 2.